The minimum atomic E-state index is 0.549. The standard InChI is InChI=1S/C13H22N4/c1-16-7-8-17(2)11(10-16)9-15-13-6-4-3-5-12(13)14/h3-6,11,15H,7-10,14H2,1-2H3. The summed E-state index contributed by atoms with van der Waals surface area (Å²) in [5.41, 5.74) is 7.77. The zero-order valence-electron chi connectivity index (χ0n) is 10.7. The Balaban J connectivity index is 1.91. The van der Waals surface area contributed by atoms with Crippen LogP contribution in [-0.4, -0.2) is 56.1 Å². The monoisotopic (exact) mass is 234 g/mol. The van der Waals surface area contributed by atoms with Gasteiger partial charge in [-0.3, -0.25) is 4.90 Å². The van der Waals surface area contributed by atoms with Crippen molar-refractivity contribution in [1.29, 1.82) is 0 Å². The molecule has 1 heterocycles. The van der Waals surface area contributed by atoms with Gasteiger partial charge in [-0.15, -0.1) is 0 Å². The summed E-state index contributed by atoms with van der Waals surface area (Å²) in [6.07, 6.45) is 0. The molecule has 0 amide bonds. The number of hydrogen-bond donors (Lipinski definition) is 2. The van der Waals surface area contributed by atoms with E-state index in [1.807, 2.05) is 24.3 Å². The first-order valence-corrected chi connectivity index (χ1v) is 6.14. The molecule has 1 aromatic rings. The molecule has 0 aromatic heterocycles. The second-order valence-electron chi connectivity index (χ2n) is 4.86. The van der Waals surface area contributed by atoms with Crippen LogP contribution in [0.5, 0.6) is 0 Å². The van der Waals surface area contributed by atoms with Crippen molar-refractivity contribution < 1.29 is 0 Å². The van der Waals surface area contributed by atoms with Crippen LogP contribution in [0.15, 0.2) is 24.3 Å². The normalized spacial score (nSPS) is 22.6. The van der Waals surface area contributed by atoms with Gasteiger partial charge in [-0.05, 0) is 26.2 Å². The maximum absolute atomic E-state index is 5.91. The first-order valence-electron chi connectivity index (χ1n) is 6.14. The summed E-state index contributed by atoms with van der Waals surface area (Å²) >= 11 is 0. The molecule has 4 nitrogen and oxygen atoms in total. The average Bonchev–Trinajstić information content (AvgIpc) is 2.32. The third kappa shape index (κ3) is 3.11. The van der Waals surface area contributed by atoms with Gasteiger partial charge >= 0.3 is 0 Å². The van der Waals surface area contributed by atoms with Crippen LogP contribution < -0.4 is 11.1 Å². The number of para-hydroxylation sites is 2. The van der Waals surface area contributed by atoms with Crippen molar-refractivity contribution in [2.24, 2.45) is 0 Å². The van der Waals surface area contributed by atoms with Crippen LogP contribution in [0, 0.1) is 0 Å². The number of nitrogens with one attached hydrogen (secondary N) is 1. The highest BCUT2D eigenvalue weighted by molar-refractivity contribution is 5.65. The van der Waals surface area contributed by atoms with E-state index in [1.165, 1.54) is 0 Å². The predicted octanol–water partition coefficient (Wildman–Crippen LogP) is 0.926. The Bertz CT molecular complexity index is 366. The Morgan fingerprint density at radius 2 is 2.06 bits per heavy atom. The number of rotatable bonds is 3. The molecular formula is C13H22N4. The number of piperazine rings is 1. The van der Waals surface area contributed by atoms with E-state index in [9.17, 15) is 0 Å². The SMILES string of the molecule is CN1CCN(C)C(CNc2ccccc2N)C1. The van der Waals surface area contributed by atoms with Crippen molar-refractivity contribution in [2.75, 3.05) is 51.3 Å². The van der Waals surface area contributed by atoms with E-state index in [0.29, 0.717) is 6.04 Å². The third-order valence-electron chi connectivity index (χ3n) is 3.47. The third-order valence-corrected chi connectivity index (χ3v) is 3.47. The number of likely N-dealkylation sites (N-methyl/N-ethyl adjacent to an activating group) is 2. The largest absolute Gasteiger partial charge is 0.397 e. The second-order valence-corrected chi connectivity index (χ2v) is 4.86. The van der Waals surface area contributed by atoms with Crippen molar-refractivity contribution in [3.05, 3.63) is 24.3 Å². The highest BCUT2D eigenvalue weighted by Gasteiger charge is 2.21. The molecule has 1 saturated heterocycles. The molecule has 17 heavy (non-hydrogen) atoms. The van der Waals surface area contributed by atoms with Crippen LogP contribution in [-0.2, 0) is 0 Å². The molecule has 0 bridgehead atoms. The topological polar surface area (TPSA) is 44.5 Å². The summed E-state index contributed by atoms with van der Waals surface area (Å²) in [4.78, 5) is 4.78. The molecule has 1 unspecified atom stereocenters. The van der Waals surface area contributed by atoms with Gasteiger partial charge in [-0.1, -0.05) is 12.1 Å². The summed E-state index contributed by atoms with van der Waals surface area (Å²) in [5.74, 6) is 0. The lowest BCUT2D eigenvalue weighted by molar-refractivity contribution is 0.122. The number of nitrogen functional groups attached to an aromatic ring is 1. The predicted molar refractivity (Wildman–Crippen MR) is 73.3 cm³/mol. The average molecular weight is 234 g/mol. The van der Waals surface area contributed by atoms with Gasteiger partial charge in [-0.2, -0.15) is 0 Å². The maximum Gasteiger partial charge on any atom is 0.0574 e. The lowest BCUT2D eigenvalue weighted by Crippen LogP contribution is -2.52. The Kier molecular flexibility index (Phi) is 3.86. The van der Waals surface area contributed by atoms with Gasteiger partial charge in [0, 0.05) is 32.2 Å². The number of nitrogens with zero attached hydrogens (tertiary/aromatic N) is 2. The van der Waals surface area contributed by atoms with Crippen molar-refractivity contribution in [2.45, 2.75) is 6.04 Å². The Morgan fingerprint density at radius 3 is 2.82 bits per heavy atom. The molecule has 2 rings (SSSR count). The van der Waals surface area contributed by atoms with Gasteiger partial charge in [0.25, 0.3) is 0 Å². The first-order chi connectivity index (χ1) is 8.16. The van der Waals surface area contributed by atoms with Gasteiger partial charge in [0.2, 0.25) is 0 Å². The smallest absolute Gasteiger partial charge is 0.0574 e. The van der Waals surface area contributed by atoms with E-state index >= 15 is 0 Å². The van der Waals surface area contributed by atoms with Crippen molar-refractivity contribution >= 4 is 11.4 Å². The van der Waals surface area contributed by atoms with Crippen LogP contribution in [0.1, 0.15) is 0 Å². The van der Waals surface area contributed by atoms with E-state index in [0.717, 1.165) is 37.6 Å². The van der Waals surface area contributed by atoms with Gasteiger partial charge in [0.1, 0.15) is 0 Å². The highest BCUT2D eigenvalue weighted by atomic mass is 15.3. The number of hydrogen-bond acceptors (Lipinski definition) is 4. The quantitative estimate of drug-likeness (QED) is 0.764. The minimum Gasteiger partial charge on any atom is -0.397 e. The van der Waals surface area contributed by atoms with Crippen LogP contribution >= 0.6 is 0 Å². The maximum atomic E-state index is 5.91. The molecule has 0 aliphatic carbocycles. The summed E-state index contributed by atoms with van der Waals surface area (Å²) < 4.78 is 0. The Hall–Kier alpha value is -1.26. The van der Waals surface area contributed by atoms with E-state index in [1.54, 1.807) is 0 Å². The summed E-state index contributed by atoms with van der Waals surface area (Å²) in [5, 5.41) is 3.44. The Morgan fingerprint density at radius 1 is 1.29 bits per heavy atom. The molecule has 0 spiro atoms. The fraction of sp³-hybridized carbons (Fsp3) is 0.538. The van der Waals surface area contributed by atoms with Crippen LogP contribution in [0.2, 0.25) is 0 Å². The van der Waals surface area contributed by atoms with Crippen molar-refractivity contribution in [3.8, 4) is 0 Å². The highest BCUT2D eigenvalue weighted by Crippen LogP contribution is 2.17. The number of anilines is 2. The molecule has 0 radical (unpaired) electrons. The number of benzene rings is 1. The molecule has 3 N–H and O–H groups in total. The molecule has 1 atom stereocenters. The van der Waals surface area contributed by atoms with E-state index in [-0.39, 0.29) is 0 Å². The lowest BCUT2D eigenvalue weighted by atomic mass is 10.1. The molecule has 1 aliphatic rings. The van der Waals surface area contributed by atoms with E-state index in [4.69, 9.17) is 5.73 Å². The summed E-state index contributed by atoms with van der Waals surface area (Å²) in [6, 6.07) is 8.48. The van der Waals surface area contributed by atoms with Gasteiger partial charge in [0.15, 0.2) is 0 Å². The van der Waals surface area contributed by atoms with Crippen molar-refractivity contribution in [1.82, 2.24) is 9.80 Å². The minimum absolute atomic E-state index is 0.549. The first kappa shape index (κ1) is 12.2. The number of nitrogens with two attached hydrogens (primary N) is 1. The van der Waals surface area contributed by atoms with Crippen LogP contribution in [0.4, 0.5) is 11.4 Å². The second kappa shape index (κ2) is 5.38. The Labute approximate surface area is 103 Å². The van der Waals surface area contributed by atoms with Gasteiger partial charge in [0.05, 0.1) is 11.4 Å². The zero-order chi connectivity index (χ0) is 12.3. The van der Waals surface area contributed by atoms with Crippen LogP contribution in [0.25, 0.3) is 0 Å². The molecule has 1 aromatic carbocycles. The molecule has 0 saturated carbocycles. The molecule has 1 aliphatic heterocycles. The fourth-order valence-electron chi connectivity index (χ4n) is 2.21. The van der Waals surface area contributed by atoms with Gasteiger partial charge < -0.3 is 16.0 Å². The fourth-order valence-corrected chi connectivity index (χ4v) is 2.21. The van der Waals surface area contributed by atoms with Crippen LogP contribution in [0.3, 0.4) is 0 Å². The molecular weight excluding hydrogens is 212 g/mol. The lowest BCUT2D eigenvalue weighted by Gasteiger charge is -2.38. The van der Waals surface area contributed by atoms with Gasteiger partial charge in [-0.25, -0.2) is 0 Å². The van der Waals surface area contributed by atoms with Crippen molar-refractivity contribution in [3.63, 3.8) is 0 Å². The molecule has 1 fully saturated rings. The molecule has 4 heteroatoms. The zero-order valence-corrected chi connectivity index (χ0v) is 10.7. The van der Waals surface area contributed by atoms with E-state index in [2.05, 4.69) is 29.2 Å². The molecule has 94 valence electrons. The summed E-state index contributed by atoms with van der Waals surface area (Å²) in [7, 11) is 4.37. The van der Waals surface area contributed by atoms with E-state index < -0.39 is 0 Å². The summed E-state index contributed by atoms with van der Waals surface area (Å²) in [6.45, 7) is 4.33.